The van der Waals surface area contributed by atoms with Crippen molar-refractivity contribution in [2.45, 2.75) is 33.3 Å². The molecule has 0 bridgehead atoms. The van der Waals surface area contributed by atoms with Gasteiger partial charge in [-0.3, -0.25) is 0 Å². The average molecular weight is 253 g/mol. The Morgan fingerprint density at radius 3 is 2.50 bits per heavy atom. The van der Waals surface area contributed by atoms with E-state index in [9.17, 15) is 0 Å². The molecule has 0 aliphatic rings. The van der Waals surface area contributed by atoms with Crippen LogP contribution in [0.1, 0.15) is 27.2 Å². The van der Waals surface area contributed by atoms with Crippen molar-refractivity contribution in [1.29, 1.82) is 0 Å². The maximum atomic E-state index is 5.98. The SMILES string of the molecule is CCCOCCOc1cccc(OC(C)C)c1N. The Morgan fingerprint density at radius 2 is 1.83 bits per heavy atom. The monoisotopic (exact) mass is 253 g/mol. The summed E-state index contributed by atoms with van der Waals surface area (Å²) in [4.78, 5) is 0. The lowest BCUT2D eigenvalue weighted by molar-refractivity contribution is 0.101. The van der Waals surface area contributed by atoms with Crippen molar-refractivity contribution in [2.24, 2.45) is 0 Å². The van der Waals surface area contributed by atoms with Gasteiger partial charge in [0, 0.05) is 6.61 Å². The first-order valence-electron chi connectivity index (χ1n) is 6.40. The van der Waals surface area contributed by atoms with Crippen molar-refractivity contribution in [3.63, 3.8) is 0 Å². The fraction of sp³-hybridized carbons (Fsp3) is 0.571. The van der Waals surface area contributed by atoms with E-state index in [0.717, 1.165) is 13.0 Å². The first-order valence-corrected chi connectivity index (χ1v) is 6.40. The highest BCUT2D eigenvalue weighted by atomic mass is 16.5. The number of benzene rings is 1. The van der Waals surface area contributed by atoms with Crippen LogP contribution in [0.3, 0.4) is 0 Å². The molecule has 0 heterocycles. The smallest absolute Gasteiger partial charge is 0.146 e. The minimum atomic E-state index is 0.0930. The van der Waals surface area contributed by atoms with Gasteiger partial charge in [0.15, 0.2) is 0 Å². The molecule has 1 rings (SSSR count). The van der Waals surface area contributed by atoms with Crippen molar-refractivity contribution in [3.05, 3.63) is 18.2 Å². The molecule has 0 fully saturated rings. The van der Waals surface area contributed by atoms with Gasteiger partial charge in [0.05, 0.1) is 12.7 Å². The standard InChI is InChI=1S/C14H23NO3/c1-4-8-16-9-10-17-12-6-5-7-13(14(12)15)18-11(2)3/h5-7,11H,4,8-10,15H2,1-3H3. The van der Waals surface area contributed by atoms with Crippen molar-refractivity contribution in [1.82, 2.24) is 0 Å². The zero-order valence-electron chi connectivity index (χ0n) is 11.4. The predicted molar refractivity (Wildman–Crippen MR) is 73.2 cm³/mol. The largest absolute Gasteiger partial charge is 0.489 e. The van der Waals surface area contributed by atoms with E-state index in [2.05, 4.69) is 6.92 Å². The van der Waals surface area contributed by atoms with Crippen LogP contribution in [0.15, 0.2) is 18.2 Å². The molecule has 0 aliphatic carbocycles. The molecule has 0 aliphatic heterocycles. The van der Waals surface area contributed by atoms with Gasteiger partial charge in [-0.1, -0.05) is 13.0 Å². The van der Waals surface area contributed by atoms with Gasteiger partial charge < -0.3 is 19.9 Å². The first-order chi connectivity index (χ1) is 8.65. The molecule has 2 N–H and O–H groups in total. The quantitative estimate of drug-likeness (QED) is 0.571. The van der Waals surface area contributed by atoms with Crippen LogP contribution in [0.25, 0.3) is 0 Å². The summed E-state index contributed by atoms with van der Waals surface area (Å²) in [5, 5.41) is 0. The second kappa shape index (κ2) is 7.82. The average Bonchev–Trinajstić information content (AvgIpc) is 2.33. The van der Waals surface area contributed by atoms with E-state index >= 15 is 0 Å². The molecule has 0 saturated carbocycles. The third-order valence-corrected chi connectivity index (χ3v) is 2.22. The predicted octanol–water partition coefficient (Wildman–Crippen LogP) is 2.86. The van der Waals surface area contributed by atoms with Crippen molar-refractivity contribution in [2.75, 3.05) is 25.6 Å². The minimum Gasteiger partial charge on any atom is -0.489 e. The van der Waals surface area contributed by atoms with Crippen LogP contribution in [-0.2, 0) is 4.74 Å². The highest BCUT2D eigenvalue weighted by molar-refractivity contribution is 5.62. The summed E-state index contributed by atoms with van der Waals surface area (Å²) in [5.74, 6) is 1.31. The van der Waals surface area contributed by atoms with Gasteiger partial charge in [-0.2, -0.15) is 0 Å². The van der Waals surface area contributed by atoms with Crippen LogP contribution in [0.4, 0.5) is 5.69 Å². The Hall–Kier alpha value is -1.42. The number of nitrogens with two attached hydrogens (primary N) is 1. The summed E-state index contributed by atoms with van der Waals surface area (Å²) in [7, 11) is 0. The second-order valence-electron chi connectivity index (χ2n) is 4.30. The topological polar surface area (TPSA) is 53.7 Å². The minimum absolute atomic E-state index is 0.0930. The van der Waals surface area contributed by atoms with Gasteiger partial charge in [-0.15, -0.1) is 0 Å². The summed E-state index contributed by atoms with van der Waals surface area (Å²) >= 11 is 0. The zero-order valence-corrected chi connectivity index (χ0v) is 11.4. The Balaban J connectivity index is 2.50. The van der Waals surface area contributed by atoms with Gasteiger partial charge in [-0.05, 0) is 32.4 Å². The molecule has 0 amide bonds. The summed E-state index contributed by atoms with van der Waals surface area (Å²) in [6, 6.07) is 5.55. The van der Waals surface area contributed by atoms with Crippen LogP contribution < -0.4 is 15.2 Å². The van der Waals surface area contributed by atoms with Crippen LogP contribution in [0.2, 0.25) is 0 Å². The van der Waals surface area contributed by atoms with E-state index in [4.69, 9.17) is 19.9 Å². The van der Waals surface area contributed by atoms with E-state index < -0.39 is 0 Å². The number of nitrogen functional groups attached to an aromatic ring is 1. The molecule has 4 heteroatoms. The molecule has 4 nitrogen and oxygen atoms in total. The highest BCUT2D eigenvalue weighted by Crippen LogP contribution is 2.31. The molecule has 102 valence electrons. The van der Waals surface area contributed by atoms with Crippen LogP contribution in [0, 0.1) is 0 Å². The lowest BCUT2D eigenvalue weighted by atomic mass is 10.2. The van der Waals surface area contributed by atoms with E-state index in [1.54, 1.807) is 0 Å². The van der Waals surface area contributed by atoms with Gasteiger partial charge in [0.2, 0.25) is 0 Å². The van der Waals surface area contributed by atoms with Crippen LogP contribution in [0.5, 0.6) is 11.5 Å². The molecule has 0 aromatic heterocycles. The summed E-state index contributed by atoms with van der Waals surface area (Å²) in [6.07, 6.45) is 1.11. The highest BCUT2D eigenvalue weighted by Gasteiger charge is 2.08. The fourth-order valence-corrected chi connectivity index (χ4v) is 1.46. The lowest BCUT2D eigenvalue weighted by Gasteiger charge is -2.15. The molecule has 0 saturated heterocycles. The normalized spacial score (nSPS) is 10.7. The maximum absolute atomic E-state index is 5.98. The van der Waals surface area contributed by atoms with Crippen molar-refractivity contribution < 1.29 is 14.2 Å². The van der Waals surface area contributed by atoms with Crippen molar-refractivity contribution in [3.8, 4) is 11.5 Å². The molecule has 0 spiro atoms. The van der Waals surface area contributed by atoms with E-state index in [0.29, 0.717) is 30.4 Å². The third kappa shape index (κ3) is 4.84. The van der Waals surface area contributed by atoms with Gasteiger partial charge in [0.1, 0.15) is 23.8 Å². The second-order valence-corrected chi connectivity index (χ2v) is 4.30. The zero-order chi connectivity index (χ0) is 13.4. The number of para-hydroxylation sites is 1. The molecular weight excluding hydrogens is 230 g/mol. The summed E-state index contributed by atoms with van der Waals surface area (Å²) in [6.45, 7) is 7.83. The molecule has 0 atom stereocenters. The van der Waals surface area contributed by atoms with Gasteiger partial charge >= 0.3 is 0 Å². The molecule has 0 radical (unpaired) electrons. The number of hydrogen-bond acceptors (Lipinski definition) is 4. The first kappa shape index (κ1) is 14.6. The van der Waals surface area contributed by atoms with Crippen LogP contribution in [-0.4, -0.2) is 25.9 Å². The number of rotatable bonds is 8. The van der Waals surface area contributed by atoms with Crippen LogP contribution >= 0.6 is 0 Å². The molecular formula is C14H23NO3. The molecule has 0 unspecified atom stereocenters. The molecule has 18 heavy (non-hydrogen) atoms. The van der Waals surface area contributed by atoms with E-state index in [1.807, 2.05) is 32.0 Å². The van der Waals surface area contributed by atoms with E-state index in [1.165, 1.54) is 0 Å². The maximum Gasteiger partial charge on any atom is 0.146 e. The Morgan fingerprint density at radius 1 is 1.11 bits per heavy atom. The third-order valence-electron chi connectivity index (χ3n) is 2.22. The summed E-state index contributed by atoms with van der Waals surface area (Å²) < 4.78 is 16.5. The Bertz CT molecular complexity index is 353. The molecule has 1 aromatic rings. The molecule has 1 aromatic carbocycles. The van der Waals surface area contributed by atoms with Gasteiger partial charge in [0.25, 0.3) is 0 Å². The Kier molecular flexibility index (Phi) is 6.36. The number of ether oxygens (including phenoxy) is 3. The van der Waals surface area contributed by atoms with Crippen molar-refractivity contribution >= 4 is 5.69 Å². The number of hydrogen-bond donors (Lipinski definition) is 1. The summed E-state index contributed by atoms with van der Waals surface area (Å²) in [5.41, 5.74) is 6.52. The van der Waals surface area contributed by atoms with Gasteiger partial charge in [-0.25, -0.2) is 0 Å². The van der Waals surface area contributed by atoms with E-state index in [-0.39, 0.29) is 6.10 Å². The number of anilines is 1. The fourth-order valence-electron chi connectivity index (χ4n) is 1.46. The Labute approximate surface area is 109 Å². The lowest BCUT2D eigenvalue weighted by Crippen LogP contribution is -2.10.